The van der Waals surface area contributed by atoms with Crippen LogP contribution in [0.15, 0.2) is 86.7 Å². The molecule has 1 aromatic heterocycles. The molecule has 0 saturated carbocycles. The van der Waals surface area contributed by atoms with Gasteiger partial charge in [0, 0.05) is 15.8 Å². The molecule has 0 aliphatic rings. The zero-order valence-corrected chi connectivity index (χ0v) is 19.4. The fourth-order valence-corrected chi connectivity index (χ4v) is 5.05. The highest BCUT2D eigenvalue weighted by Crippen LogP contribution is 2.31. The topological polar surface area (TPSA) is 54.4 Å². The van der Waals surface area contributed by atoms with E-state index in [2.05, 4.69) is 37.5 Å². The molecule has 0 aliphatic carbocycles. The zero-order valence-electron chi connectivity index (χ0n) is 16.1. The summed E-state index contributed by atoms with van der Waals surface area (Å²) in [4.78, 5) is 17.0. The molecule has 4 aromatic rings. The quantitative estimate of drug-likeness (QED) is 0.188. The van der Waals surface area contributed by atoms with E-state index in [1.165, 1.54) is 4.70 Å². The first-order chi connectivity index (χ1) is 14.6. The van der Waals surface area contributed by atoms with Crippen LogP contribution in [0.2, 0.25) is 0 Å². The Kier molecular flexibility index (Phi) is 6.62. The first-order valence-corrected chi connectivity index (χ1v) is 11.9. The molecule has 0 atom stereocenters. The number of thiazole rings is 1. The molecule has 0 radical (unpaired) electrons. The van der Waals surface area contributed by atoms with Crippen molar-refractivity contribution in [2.45, 2.75) is 17.0 Å². The van der Waals surface area contributed by atoms with Crippen LogP contribution in [0.25, 0.3) is 10.2 Å². The number of halogens is 1. The van der Waals surface area contributed by atoms with E-state index >= 15 is 0 Å². The lowest BCUT2D eigenvalue weighted by Gasteiger charge is -2.05. The summed E-state index contributed by atoms with van der Waals surface area (Å²) in [6.45, 7) is 1.87. The van der Waals surface area contributed by atoms with E-state index in [1.807, 2.05) is 73.7 Å². The second-order valence-corrected chi connectivity index (χ2v) is 9.75. The van der Waals surface area contributed by atoms with E-state index in [0.717, 1.165) is 36.9 Å². The SMILES string of the molecule is C/C(=N\NC(=O)c1ccc(CSc2nc3ccccc3s2)cc1)c1ccc(Br)cc1. The Hall–Kier alpha value is -2.48. The van der Waals surface area contributed by atoms with Crippen molar-refractivity contribution in [3.8, 4) is 0 Å². The van der Waals surface area contributed by atoms with Crippen molar-refractivity contribution in [3.05, 3.63) is 94.0 Å². The van der Waals surface area contributed by atoms with Crippen molar-refractivity contribution in [1.29, 1.82) is 0 Å². The molecular formula is C23H18BrN3OS2. The molecule has 0 fully saturated rings. The Morgan fingerprint density at radius 2 is 1.73 bits per heavy atom. The first-order valence-electron chi connectivity index (χ1n) is 9.26. The Morgan fingerprint density at radius 3 is 2.47 bits per heavy atom. The van der Waals surface area contributed by atoms with Gasteiger partial charge in [-0.1, -0.05) is 64.1 Å². The molecule has 0 spiro atoms. The molecule has 0 aliphatic heterocycles. The maximum Gasteiger partial charge on any atom is 0.271 e. The molecule has 7 heteroatoms. The number of hydrazone groups is 1. The minimum Gasteiger partial charge on any atom is -0.267 e. The van der Waals surface area contributed by atoms with Crippen LogP contribution in [-0.4, -0.2) is 16.6 Å². The number of hydrogen-bond donors (Lipinski definition) is 1. The predicted octanol–water partition coefficient (Wildman–Crippen LogP) is 6.51. The molecule has 1 N–H and O–H groups in total. The summed E-state index contributed by atoms with van der Waals surface area (Å²) >= 11 is 6.82. The maximum atomic E-state index is 12.4. The largest absolute Gasteiger partial charge is 0.271 e. The van der Waals surface area contributed by atoms with Gasteiger partial charge < -0.3 is 0 Å². The third kappa shape index (κ3) is 5.16. The Balaban J connectivity index is 1.34. The van der Waals surface area contributed by atoms with Crippen LogP contribution in [0.5, 0.6) is 0 Å². The van der Waals surface area contributed by atoms with E-state index < -0.39 is 0 Å². The van der Waals surface area contributed by atoms with Crippen LogP contribution < -0.4 is 5.43 Å². The van der Waals surface area contributed by atoms with Gasteiger partial charge in [0.05, 0.1) is 15.9 Å². The number of hydrogen-bond acceptors (Lipinski definition) is 5. The lowest BCUT2D eigenvalue weighted by atomic mass is 10.1. The second kappa shape index (κ2) is 9.55. The van der Waals surface area contributed by atoms with Gasteiger partial charge in [0.1, 0.15) is 0 Å². The summed E-state index contributed by atoms with van der Waals surface area (Å²) in [7, 11) is 0. The minimum atomic E-state index is -0.225. The molecule has 0 unspecified atom stereocenters. The molecule has 4 nitrogen and oxygen atoms in total. The van der Waals surface area contributed by atoms with Crippen molar-refractivity contribution in [3.63, 3.8) is 0 Å². The Bertz CT molecular complexity index is 1170. The highest BCUT2D eigenvalue weighted by Gasteiger charge is 2.07. The molecule has 0 saturated heterocycles. The maximum absolute atomic E-state index is 12.4. The van der Waals surface area contributed by atoms with Crippen LogP contribution in [0, 0.1) is 0 Å². The van der Waals surface area contributed by atoms with Crippen LogP contribution in [0.1, 0.15) is 28.4 Å². The average molecular weight is 496 g/mol. The Morgan fingerprint density at radius 1 is 1.03 bits per heavy atom. The number of fused-ring (bicyclic) bond motifs is 1. The highest BCUT2D eigenvalue weighted by molar-refractivity contribution is 9.10. The number of aromatic nitrogens is 1. The summed E-state index contributed by atoms with van der Waals surface area (Å²) in [5.74, 6) is 0.583. The summed E-state index contributed by atoms with van der Waals surface area (Å²) in [5.41, 5.74) is 7.10. The number of carbonyl (C=O) groups excluding carboxylic acids is 1. The Labute approximate surface area is 191 Å². The van der Waals surface area contributed by atoms with Gasteiger partial charge in [-0.2, -0.15) is 5.10 Å². The fraction of sp³-hybridized carbons (Fsp3) is 0.0870. The summed E-state index contributed by atoms with van der Waals surface area (Å²) in [5, 5.41) is 4.21. The smallest absolute Gasteiger partial charge is 0.267 e. The molecule has 1 heterocycles. The number of thioether (sulfide) groups is 1. The van der Waals surface area contributed by atoms with Crippen molar-refractivity contribution >= 4 is 60.9 Å². The highest BCUT2D eigenvalue weighted by atomic mass is 79.9. The number of benzene rings is 3. The van der Waals surface area contributed by atoms with Crippen LogP contribution >= 0.6 is 39.0 Å². The van der Waals surface area contributed by atoms with Crippen LogP contribution in [0.3, 0.4) is 0 Å². The molecule has 30 heavy (non-hydrogen) atoms. The lowest BCUT2D eigenvalue weighted by molar-refractivity contribution is 0.0955. The van der Waals surface area contributed by atoms with Gasteiger partial charge in [-0.05, 0) is 54.4 Å². The zero-order chi connectivity index (χ0) is 20.9. The van der Waals surface area contributed by atoms with E-state index in [4.69, 9.17) is 0 Å². The van der Waals surface area contributed by atoms with Gasteiger partial charge in [0.2, 0.25) is 0 Å². The van der Waals surface area contributed by atoms with Crippen molar-refractivity contribution < 1.29 is 4.79 Å². The van der Waals surface area contributed by atoms with Gasteiger partial charge in [-0.3, -0.25) is 4.79 Å². The molecule has 150 valence electrons. The standard InChI is InChI=1S/C23H18BrN3OS2/c1-15(17-10-12-19(24)13-11-17)26-27-22(28)18-8-6-16(7-9-18)14-29-23-25-20-4-2-3-5-21(20)30-23/h2-13H,14H2,1H3,(H,27,28)/b26-15+. The fourth-order valence-electron chi connectivity index (χ4n) is 2.77. The summed E-state index contributed by atoms with van der Waals surface area (Å²) in [6, 6.07) is 23.6. The lowest BCUT2D eigenvalue weighted by Crippen LogP contribution is -2.19. The normalized spacial score (nSPS) is 11.6. The summed E-state index contributed by atoms with van der Waals surface area (Å²) < 4.78 is 3.26. The molecule has 3 aromatic carbocycles. The second-order valence-electron chi connectivity index (χ2n) is 6.58. The van der Waals surface area contributed by atoms with E-state index in [-0.39, 0.29) is 5.91 Å². The average Bonchev–Trinajstić information content (AvgIpc) is 3.20. The number of nitrogens with zero attached hydrogens (tertiary/aromatic N) is 2. The van der Waals surface area contributed by atoms with E-state index in [0.29, 0.717) is 5.56 Å². The molecule has 1 amide bonds. The van der Waals surface area contributed by atoms with Crippen molar-refractivity contribution in [2.75, 3.05) is 0 Å². The number of para-hydroxylation sites is 1. The number of carbonyl (C=O) groups is 1. The third-order valence-corrected chi connectivity index (χ3v) is 7.22. The monoisotopic (exact) mass is 495 g/mol. The molecule has 4 rings (SSSR count). The molecule has 0 bridgehead atoms. The van der Waals surface area contributed by atoms with Gasteiger partial charge in [-0.25, -0.2) is 10.4 Å². The van der Waals surface area contributed by atoms with E-state index in [1.54, 1.807) is 23.1 Å². The summed E-state index contributed by atoms with van der Waals surface area (Å²) in [6.07, 6.45) is 0. The first kappa shape index (κ1) is 20.8. The number of amides is 1. The molecular weight excluding hydrogens is 478 g/mol. The predicted molar refractivity (Wildman–Crippen MR) is 129 cm³/mol. The van der Waals surface area contributed by atoms with Gasteiger partial charge in [-0.15, -0.1) is 11.3 Å². The third-order valence-electron chi connectivity index (χ3n) is 4.44. The number of rotatable bonds is 6. The minimum absolute atomic E-state index is 0.225. The van der Waals surface area contributed by atoms with Crippen molar-refractivity contribution in [1.82, 2.24) is 10.4 Å². The van der Waals surface area contributed by atoms with Crippen LogP contribution in [-0.2, 0) is 5.75 Å². The van der Waals surface area contributed by atoms with Gasteiger partial charge in [0.15, 0.2) is 4.34 Å². The van der Waals surface area contributed by atoms with E-state index in [9.17, 15) is 4.79 Å². The van der Waals surface area contributed by atoms with Crippen LogP contribution in [0.4, 0.5) is 0 Å². The van der Waals surface area contributed by atoms with Gasteiger partial charge in [0.25, 0.3) is 5.91 Å². The number of nitrogens with one attached hydrogen (secondary N) is 1. The van der Waals surface area contributed by atoms with Crippen molar-refractivity contribution in [2.24, 2.45) is 5.10 Å². The van der Waals surface area contributed by atoms with Gasteiger partial charge >= 0.3 is 0 Å².